The fourth-order valence-corrected chi connectivity index (χ4v) is 0. The van der Waals surface area contributed by atoms with Gasteiger partial charge in [-0.3, -0.25) is 9.79 Å². The summed E-state index contributed by atoms with van der Waals surface area (Å²) >= 11 is 0. The molecule has 7 nitrogen and oxygen atoms in total. The van der Waals surface area contributed by atoms with Gasteiger partial charge in [-0.2, -0.15) is 7.82 Å². The van der Waals surface area contributed by atoms with Gasteiger partial charge in [-0.15, -0.1) is 4.20 Å². The topological polar surface area (TPSA) is 144 Å². The van der Waals surface area contributed by atoms with E-state index < -0.39 is 15.7 Å². The molecule has 0 saturated carbocycles. The predicted molar refractivity (Wildman–Crippen MR) is 20.8 cm³/mol. The van der Waals surface area contributed by atoms with Gasteiger partial charge in [0.2, 0.25) is 0 Å². The fourth-order valence-electron chi connectivity index (χ4n) is 0. The van der Waals surface area contributed by atoms with E-state index in [0.29, 0.717) is 0 Å². The van der Waals surface area contributed by atoms with Gasteiger partial charge in [-0.05, 0) is 0 Å². The van der Waals surface area contributed by atoms with Gasteiger partial charge in [0.05, 0.1) is 0 Å². The van der Waals surface area contributed by atoms with E-state index in [2.05, 4.69) is 0 Å². The molecule has 0 amide bonds. The molecule has 0 heterocycles. The molecule has 0 aromatic carbocycles. The summed E-state index contributed by atoms with van der Waals surface area (Å²) in [6.07, 6.45) is 0. The molecule has 13 heteroatoms. The first kappa shape index (κ1) is 29.8. The van der Waals surface area contributed by atoms with Crippen molar-refractivity contribution in [2.75, 3.05) is 0 Å². The summed E-state index contributed by atoms with van der Waals surface area (Å²) in [4.78, 5) is 39.6. The molecule has 0 aliphatic rings. The maximum Gasteiger partial charge on any atom is 1.00 e. The van der Waals surface area contributed by atoms with Crippen LogP contribution in [0, 0.1) is 0 Å². The third-order valence-corrected chi connectivity index (χ3v) is 0. The van der Waals surface area contributed by atoms with Crippen molar-refractivity contribution in [1.82, 2.24) is 0 Å². The van der Waals surface area contributed by atoms with E-state index in [1.807, 2.05) is 0 Å². The van der Waals surface area contributed by atoms with Crippen LogP contribution >= 0.6 is 15.7 Å². The molecule has 0 aliphatic carbocycles. The zero-order valence-electron chi connectivity index (χ0n) is 7.21. The summed E-state index contributed by atoms with van der Waals surface area (Å²) < 4.78 is 27.6. The molecule has 0 saturated heterocycles. The molecule has 64 valence electrons. The number of rotatable bonds is 0. The van der Waals surface area contributed by atoms with Crippen molar-refractivity contribution in [1.29, 1.82) is 0 Å². The average molecular weight is 264 g/mol. The van der Waals surface area contributed by atoms with Crippen LogP contribution in [0.5, 0.6) is 0 Å². The first-order valence-corrected chi connectivity index (χ1v) is 4.45. The van der Waals surface area contributed by atoms with Crippen LogP contribution in [0.1, 0.15) is 0 Å². The van der Waals surface area contributed by atoms with Crippen LogP contribution in [0.25, 0.3) is 0 Å². The van der Waals surface area contributed by atoms with Crippen LogP contribution in [0.4, 0.5) is 4.20 Å². The summed E-state index contributed by atoms with van der Waals surface area (Å²) in [6.45, 7) is 0. The van der Waals surface area contributed by atoms with Crippen LogP contribution in [-0.4, -0.2) is 9.79 Å². The van der Waals surface area contributed by atoms with Crippen molar-refractivity contribution in [3.05, 3.63) is 0 Å². The standard InChI is InChI=1S/FH2O3P.3Na.H3O4P/c1-5(2,3)4;;;;1-5(2,3)4/h(H2,2,3,4);;;;(H3,1,2,3,4)/q;3*+1;/p-3. The minimum absolute atomic E-state index is 0. The van der Waals surface area contributed by atoms with Crippen molar-refractivity contribution >= 4 is 15.7 Å². The molecule has 0 atom stereocenters. The Hall–Kier alpha value is 3.19. The number of phosphoric acid groups is 1. The summed E-state index contributed by atoms with van der Waals surface area (Å²) in [5.74, 6) is 0. The molecule has 0 aliphatic heterocycles. The Morgan fingerprint density at radius 1 is 0.923 bits per heavy atom. The first-order chi connectivity index (χ1) is 4.00. The van der Waals surface area contributed by atoms with E-state index in [-0.39, 0.29) is 88.7 Å². The van der Waals surface area contributed by atoms with E-state index in [1.54, 1.807) is 0 Å². The van der Waals surface area contributed by atoms with Gasteiger partial charge in [-0.25, -0.2) is 4.57 Å². The Bertz CT molecular complexity index is 134. The quantitative estimate of drug-likeness (QED) is 0.326. The molecular weight excluding hydrogens is 262 g/mol. The SMILES string of the molecule is O=P(O)(O)F.O=P([O-])([O-])[O-].[Na+].[Na+].[Na+]. The van der Waals surface area contributed by atoms with Gasteiger partial charge in [-0.1, -0.05) is 0 Å². The third-order valence-electron chi connectivity index (χ3n) is 0. The normalized spacial score (nSPS) is 9.08. The van der Waals surface area contributed by atoms with Crippen LogP contribution < -0.4 is 103 Å². The molecular formula is H2FNa3O7P2. The van der Waals surface area contributed by atoms with E-state index >= 15 is 0 Å². The van der Waals surface area contributed by atoms with Gasteiger partial charge in [0, 0.05) is 0 Å². The minimum atomic E-state index is -5.39. The van der Waals surface area contributed by atoms with E-state index in [0.717, 1.165) is 0 Å². The summed E-state index contributed by atoms with van der Waals surface area (Å²) in [6, 6.07) is 0. The van der Waals surface area contributed by atoms with Crippen molar-refractivity contribution in [3.63, 3.8) is 0 Å². The maximum atomic E-state index is 10.4. The summed E-state index contributed by atoms with van der Waals surface area (Å²) in [5, 5.41) is 0. The minimum Gasteiger partial charge on any atom is -0.822 e. The van der Waals surface area contributed by atoms with Crippen molar-refractivity contribution < 1.29 is 126 Å². The molecule has 0 fully saturated rings. The Kier molecular flexibility index (Phi) is 30.4. The van der Waals surface area contributed by atoms with Gasteiger partial charge >= 0.3 is 96.6 Å². The second-order valence-electron chi connectivity index (χ2n) is 0.920. The van der Waals surface area contributed by atoms with Gasteiger partial charge in [0.15, 0.2) is 0 Å². The molecule has 0 spiro atoms. The van der Waals surface area contributed by atoms with Crippen LogP contribution in [0.15, 0.2) is 0 Å². The molecule has 0 radical (unpaired) electrons. The van der Waals surface area contributed by atoms with Crippen LogP contribution in [0.2, 0.25) is 0 Å². The molecule has 0 rings (SSSR count). The molecule has 0 aromatic rings. The zero-order chi connectivity index (χ0) is 9.00. The van der Waals surface area contributed by atoms with Crippen molar-refractivity contribution in [2.45, 2.75) is 0 Å². The largest absolute Gasteiger partial charge is 1.00 e. The molecule has 0 bridgehead atoms. The van der Waals surface area contributed by atoms with E-state index in [9.17, 15) is 4.20 Å². The Morgan fingerprint density at radius 2 is 0.923 bits per heavy atom. The third kappa shape index (κ3) is 260. The van der Waals surface area contributed by atoms with Gasteiger partial charge in [0.1, 0.15) is 0 Å². The fraction of sp³-hybridized carbons (Fsp3) is 0. The monoisotopic (exact) mass is 264 g/mol. The second-order valence-corrected chi connectivity index (χ2v) is 2.76. The van der Waals surface area contributed by atoms with E-state index in [4.69, 9.17) is 33.6 Å². The molecule has 0 unspecified atom stereocenters. The Morgan fingerprint density at radius 3 is 0.923 bits per heavy atom. The molecule has 13 heavy (non-hydrogen) atoms. The molecule has 2 N–H and O–H groups in total. The van der Waals surface area contributed by atoms with Crippen molar-refractivity contribution in [2.24, 2.45) is 0 Å². The van der Waals surface area contributed by atoms with Crippen LogP contribution in [-0.2, 0) is 9.13 Å². The number of halogens is 1. The average Bonchev–Trinajstić information content (AvgIpc) is 1.12. The summed E-state index contributed by atoms with van der Waals surface area (Å²) in [5.41, 5.74) is 0. The first-order valence-electron chi connectivity index (χ1n) is 1.48. The zero-order valence-corrected chi connectivity index (χ0v) is 15.0. The maximum absolute atomic E-state index is 10.4. The Balaban J connectivity index is -0.0000000267. The summed E-state index contributed by atoms with van der Waals surface area (Å²) in [7, 11) is -10.5. The van der Waals surface area contributed by atoms with Gasteiger partial charge in [0.25, 0.3) is 0 Å². The second kappa shape index (κ2) is 13.3. The molecule has 0 aromatic heterocycles. The number of hydrogen-bond donors (Lipinski definition) is 2. The Labute approximate surface area is 140 Å². The smallest absolute Gasteiger partial charge is 0.822 e. The predicted octanol–water partition coefficient (Wildman–Crippen LogP) is -11.8. The van der Waals surface area contributed by atoms with E-state index in [1.165, 1.54) is 0 Å². The van der Waals surface area contributed by atoms with Crippen molar-refractivity contribution in [3.8, 4) is 0 Å². The van der Waals surface area contributed by atoms with Crippen LogP contribution in [0.3, 0.4) is 0 Å². The number of hydrogen-bond acceptors (Lipinski definition) is 5. The van der Waals surface area contributed by atoms with Gasteiger partial charge < -0.3 is 19.2 Å².